The second-order valence-corrected chi connectivity index (χ2v) is 2.51. The van der Waals surface area contributed by atoms with E-state index < -0.39 is 23.4 Å². The molecule has 1 rings (SSSR count). The molecule has 1 heterocycles. The predicted octanol–water partition coefficient (Wildman–Crippen LogP) is 1.43. The zero-order valence-corrected chi connectivity index (χ0v) is 7.01. The maximum atomic E-state index is 13.2. The Labute approximate surface area is 77.7 Å². The van der Waals surface area contributed by atoms with Gasteiger partial charge in [0.2, 0.25) is 0 Å². The van der Waals surface area contributed by atoms with Gasteiger partial charge in [-0.05, 0) is 0 Å². The summed E-state index contributed by atoms with van der Waals surface area (Å²) in [5.41, 5.74) is 3.42. The first-order valence-corrected chi connectivity index (χ1v) is 3.72. The Bertz CT molecular complexity index is 355. The Morgan fingerprint density at radius 3 is 2.64 bits per heavy atom. The number of carbonyl (C=O) groups excluding carboxylic acids is 1. The molecule has 0 radical (unpaired) electrons. The van der Waals surface area contributed by atoms with Crippen LogP contribution in [0.5, 0.6) is 0 Å². The largest absolute Gasteiger partial charge is 0.325 e. The van der Waals surface area contributed by atoms with Gasteiger partial charge in [0.25, 0.3) is 6.43 Å². The lowest BCUT2D eigenvalue weighted by Gasteiger charge is -2.07. The van der Waals surface area contributed by atoms with Crippen LogP contribution in [0.4, 0.5) is 13.2 Å². The molecule has 0 aliphatic carbocycles. The Balaban J connectivity index is 3.38. The molecule has 76 valence electrons. The molecule has 0 unspecified atom stereocenters. The number of pyridine rings is 1. The fourth-order valence-electron chi connectivity index (χ4n) is 1.01. The fraction of sp³-hybridized carbons (Fsp3) is 0.250. The summed E-state index contributed by atoms with van der Waals surface area (Å²) in [4.78, 5) is 13.8. The Morgan fingerprint density at radius 1 is 1.57 bits per heavy atom. The molecule has 0 bridgehead atoms. The van der Waals surface area contributed by atoms with Gasteiger partial charge in [-0.1, -0.05) is 0 Å². The van der Waals surface area contributed by atoms with Gasteiger partial charge in [-0.25, -0.2) is 13.2 Å². The third-order valence-corrected chi connectivity index (χ3v) is 1.70. The maximum Gasteiger partial charge on any atom is 0.267 e. The van der Waals surface area contributed by atoms with E-state index in [4.69, 9.17) is 5.73 Å². The lowest BCUT2D eigenvalue weighted by atomic mass is 10.1. The smallest absolute Gasteiger partial charge is 0.267 e. The SMILES string of the molecule is NCc1ncc(C=O)c(C(F)F)c1F. The summed E-state index contributed by atoms with van der Waals surface area (Å²) in [7, 11) is 0. The second-order valence-electron chi connectivity index (χ2n) is 2.51. The first kappa shape index (κ1) is 10.6. The van der Waals surface area contributed by atoms with Gasteiger partial charge < -0.3 is 5.73 Å². The highest BCUT2D eigenvalue weighted by Gasteiger charge is 2.21. The minimum Gasteiger partial charge on any atom is -0.325 e. The Morgan fingerprint density at radius 2 is 2.21 bits per heavy atom. The van der Waals surface area contributed by atoms with Crippen LogP contribution in [0, 0.1) is 5.82 Å². The average molecular weight is 204 g/mol. The number of aromatic nitrogens is 1. The van der Waals surface area contributed by atoms with Crippen LogP contribution in [0.3, 0.4) is 0 Å². The molecule has 0 aromatic carbocycles. The number of rotatable bonds is 3. The number of alkyl halides is 2. The third kappa shape index (κ3) is 1.74. The third-order valence-electron chi connectivity index (χ3n) is 1.70. The highest BCUT2D eigenvalue weighted by molar-refractivity contribution is 5.77. The molecule has 0 amide bonds. The molecule has 0 saturated carbocycles. The van der Waals surface area contributed by atoms with Crippen LogP contribution in [0.25, 0.3) is 0 Å². The van der Waals surface area contributed by atoms with Gasteiger partial charge >= 0.3 is 0 Å². The maximum absolute atomic E-state index is 13.2. The van der Waals surface area contributed by atoms with Crippen LogP contribution in [-0.2, 0) is 6.54 Å². The normalized spacial score (nSPS) is 10.6. The minimum atomic E-state index is -3.05. The van der Waals surface area contributed by atoms with E-state index in [-0.39, 0.29) is 18.5 Å². The summed E-state index contributed by atoms with van der Waals surface area (Å²) >= 11 is 0. The molecule has 0 saturated heterocycles. The summed E-state index contributed by atoms with van der Waals surface area (Å²) < 4.78 is 37.8. The number of hydrogen-bond donors (Lipinski definition) is 1. The van der Waals surface area contributed by atoms with E-state index in [1.807, 2.05) is 0 Å². The number of aldehydes is 1. The van der Waals surface area contributed by atoms with Gasteiger partial charge in [-0.2, -0.15) is 0 Å². The van der Waals surface area contributed by atoms with E-state index in [1.54, 1.807) is 0 Å². The number of hydrogen-bond acceptors (Lipinski definition) is 3. The van der Waals surface area contributed by atoms with Crippen molar-refractivity contribution >= 4 is 6.29 Å². The lowest BCUT2D eigenvalue weighted by Crippen LogP contribution is -2.09. The van der Waals surface area contributed by atoms with Gasteiger partial charge in [0.05, 0.1) is 11.3 Å². The van der Waals surface area contributed by atoms with Crippen molar-refractivity contribution in [1.82, 2.24) is 4.98 Å². The van der Waals surface area contributed by atoms with Crippen molar-refractivity contribution < 1.29 is 18.0 Å². The summed E-state index contributed by atoms with van der Waals surface area (Å²) in [6.45, 7) is -0.287. The molecule has 14 heavy (non-hydrogen) atoms. The van der Waals surface area contributed by atoms with Gasteiger partial charge in [0.15, 0.2) is 12.1 Å². The molecule has 2 N–H and O–H groups in total. The van der Waals surface area contributed by atoms with E-state index in [0.717, 1.165) is 6.20 Å². The van der Waals surface area contributed by atoms with E-state index in [0.29, 0.717) is 0 Å². The predicted molar refractivity (Wildman–Crippen MR) is 42.4 cm³/mol. The summed E-state index contributed by atoms with van der Waals surface area (Å²) in [6, 6.07) is 0. The topological polar surface area (TPSA) is 56.0 Å². The van der Waals surface area contributed by atoms with Crippen molar-refractivity contribution in [2.24, 2.45) is 5.73 Å². The second kappa shape index (κ2) is 4.19. The number of carbonyl (C=O) groups is 1. The van der Waals surface area contributed by atoms with Crippen LogP contribution < -0.4 is 5.73 Å². The molecule has 1 aromatic rings. The van der Waals surface area contributed by atoms with Crippen LogP contribution in [0.1, 0.15) is 28.0 Å². The van der Waals surface area contributed by atoms with Crippen molar-refractivity contribution in [2.45, 2.75) is 13.0 Å². The molecule has 1 aromatic heterocycles. The highest BCUT2D eigenvalue weighted by atomic mass is 19.3. The van der Waals surface area contributed by atoms with Crippen molar-refractivity contribution in [1.29, 1.82) is 0 Å². The van der Waals surface area contributed by atoms with E-state index in [2.05, 4.69) is 4.98 Å². The summed E-state index contributed by atoms with van der Waals surface area (Å²) in [5, 5.41) is 0. The van der Waals surface area contributed by atoms with Crippen molar-refractivity contribution in [3.8, 4) is 0 Å². The molecule has 0 aliphatic heterocycles. The van der Waals surface area contributed by atoms with Gasteiger partial charge in [-0.3, -0.25) is 9.78 Å². The standard InChI is InChI=1S/C8H7F3N2O/c9-7-5(1-12)13-2-4(3-14)6(7)8(10)11/h2-3,8H,1,12H2. The Kier molecular flexibility index (Phi) is 3.19. The van der Waals surface area contributed by atoms with E-state index in [9.17, 15) is 18.0 Å². The zero-order valence-electron chi connectivity index (χ0n) is 7.01. The molecule has 6 heteroatoms. The van der Waals surface area contributed by atoms with E-state index in [1.165, 1.54) is 0 Å². The van der Waals surface area contributed by atoms with Crippen LogP contribution in [0.15, 0.2) is 6.20 Å². The molecule has 3 nitrogen and oxygen atoms in total. The van der Waals surface area contributed by atoms with Crippen LogP contribution in [-0.4, -0.2) is 11.3 Å². The van der Waals surface area contributed by atoms with E-state index >= 15 is 0 Å². The molecule has 0 fully saturated rings. The summed E-state index contributed by atoms with van der Waals surface area (Å²) in [5.74, 6) is -1.20. The minimum absolute atomic E-state index is 0.137. The highest BCUT2D eigenvalue weighted by Crippen LogP contribution is 2.25. The van der Waals surface area contributed by atoms with Gasteiger partial charge in [0.1, 0.15) is 0 Å². The molecule has 0 atom stereocenters. The van der Waals surface area contributed by atoms with Gasteiger partial charge in [-0.15, -0.1) is 0 Å². The lowest BCUT2D eigenvalue weighted by molar-refractivity contribution is 0.110. The van der Waals surface area contributed by atoms with Crippen LogP contribution >= 0.6 is 0 Å². The monoisotopic (exact) mass is 204 g/mol. The molecular weight excluding hydrogens is 197 g/mol. The molecule has 0 aliphatic rings. The first-order chi connectivity index (χ1) is 6.61. The van der Waals surface area contributed by atoms with Gasteiger partial charge in [0, 0.05) is 18.3 Å². The molecular formula is C8H7F3N2O. The van der Waals surface area contributed by atoms with Crippen molar-refractivity contribution in [3.63, 3.8) is 0 Å². The van der Waals surface area contributed by atoms with Crippen LogP contribution in [0.2, 0.25) is 0 Å². The zero-order chi connectivity index (χ0) is 10.7. The Hall–Kier alpha value is -1.43. The first-order valence-electron chi connectivity index (χ1n) is 3.72. The van der Waals surface area contributed by atoms with Crippen molar-refractivity contribution in [3.05, 3.63) is 28.8 Å². The summed E-state index contributed by atoms with van der Waals surface area (Å²) in [6.07, 6.45) is -2.03. The quantitative estimate of drug-likeness (QED) is 0.757. The van der Waals surface area contributed by atoms with Crippen molar-refractivity contribution in [2.75, 3.05) is 0 Å². The number of nitrogens with zero attached hydrogens (tertiary/aromatic N) is 1. The fourth-order valence-corrected chi connectivity index (χ4v) is 1.01. The average Bonchev–Trinajstić information content (AvgIpc) is 2.16. The number of nitrogens with two attached hydrogens (primary N) is 1. The molecule has 0 spiro atoms. The number of halogens is 3.